The second-order valence-electron chi connectivity index (χ2n) is 6.69. The Bertz CT molecular complexity index is 459. The summed E-state index contributed by atoms with van der Waals surface area (Å²) in [6.45, 7) is 9.01. The zero-order valence-corrected chi connectivity index (χ0v) is 13.5. The molecule has 4 heteroatoms. The molecular formula is C17H28N2O2. The monoisotopic (exact) mass is 292 g/mol. The Labute approximate surface area is 127 Å². The molecule has 1 unspecified atom stereocenters. The summed E-state index contributed by atoms with van der Waals surface area (Å²) < 4.78 is 1.94. The first-order chi connectivity index (χ1) is 9.99. The highest BCUT2D eigenvalue weighted by atomic mass is 16.4. The highest BCUT2D eigenvalue weighted by molar-refractivity contribution is 5.85. The van der Waals surface area contributed by atoms with Crippen LogP contribution in [0.2, 0.25) is 0 Å². The van der Waals surface area contributed by atoms with E-state index in [0.29, 0.717) is 17.8 Å². The molecule has 0 spiro atoms. The van der Waals surface area contributed by atoms with Gasteiger partial charge in [-0.05, 0) is 50.7 Å². The van der Waals surface area contributed by atoms with Crippen molar-refractivity contribution < 1.29 is 9.90 Å². The quantitative estimate of drug-likeness (QED) is 0.870. The maximum absolute atomic E-state index is 11.2. The molecule has 0 aromatic carbocycles. The van der Waals surface area contributed by atoms with Gasteiger partial charge in [0.1, 0.15) is 5.69 Å². The molecule has 2 heterocycles. The summed E-state index contributed by atoms with van der Waals surface area (Å²) in [5, 5.41) is 9.22. The van der Waals surface area contributed by atoms with E-state index in [1.54, 1.807) is 6.07 Å². The normalized spacial score (nSPS) is 19.0. The van der Waals surface area contributed by atoms with Crippen molar-refractivity contribution in [3.63, 3.8) is 0 Å². The molecule has 2 rings (SSSR count). The van der Waals surface area contributed by atoms with Crippen LogP contribution in [0.3, 0.4) is 0 Å². The Morgan fingerprint density at radius 2 is 1.95 bits per heavy atom. The van der Waals surface area contributed by atoms with Crippen LogP contribution < -0.4 is 0 Å². The van der Waals surface area contributed by atoms with E-state index in [-0.39, 0.29) is 0 Å². The maximum Gasteiger partial charge on any atom is 0.352 e. The Hall–Kier alpha value is -1.29. The van der Waals surface area contributed by atoms with Gasteiger partial charge in [0.15, 0.2) is 0 Å². The van der Waals surface area contributed by atoms with Gasteiger partial charge >= 0.3 is 5.97 Å². The van der Waals surface area contributed by atoms with Gasteiger partial charge in [-0.15, -0.1) is 0 Å². The van der Waals surface area contributed by atoms with Crippen LogP contribution in [0.1, 0.15) is 63.0 Å². The van der Waals surface area contributed by atoms with Gasteiger partial charge in [-0.2, -0.15) is 0 Å². The topological polar surface area (TPSA) is 45.5 Å². The van der Waals surface area contributed by atoms with E-state index in [1.165, 1.54) is 12.8 Å². The third-order valence-corrected chi connectivity index (χ3v) is 4.68. The third-order valence-electron chi connectivity index (χ3n) is 4.68. The number of carboxylic acid groups (broad SMARTS) is 1. The van der Waals surface area contributed by atoms with Crippen LogP contribution in [0.4, 0.5) is 0 Å². The van der Waals surface area contributed by atoms with Gasteiger partial charge in [-0.25, -0.2) is 4.79 Å². The van der Waals surface area contributed by atoms with Crippen LogP contribution >= 0.6 is 0 Å². The van der Waals surface area contributed by atoms with Crippen LogP contribution in [0, 0.1) is 5.92 Å². The van der Waals surface area contributed by atoms with Crippen molar-refractivity contribution in [1.29, 1.82) is 0 Å². The average molecular weight is 292 g/mol. The van der Waals surface area contributed by atoms with E-state index in [4.69, 9.17) is 0 Å². The molecule has 1 fully saturated rings. The number of carbonyl (C=O) groups is 1. The van der Waals surface area contributed by atoms with Crippen LogP contribution in [0.15, 0.2) is 18.3 Å². The Morgan fingerprint density at radius 3 is 2.52 bits per heavy atom. The number of piperidine rings is 1. The largest absolute Gasteiger partial charge is 0.477 e. The third kappa shape index (κ3) is 4.10. The minimum atomic E-state index is -0.826. The van der Waals surface area contributed by atoms with Crippen molar-refractivity contribution in [2.45, 2.75) is 58.5 Å². The predicted molar refractivity (Wildman–Crippen MR) is 84.8 cm³/mol. The summed E-state index contributed by atoms with van der Waals surface area (Å²) in [5.41, 5.74) is 0.418. The zero-order valence-electron chi connectivity index (χ0n) is 13.5. The van der Waals surface area contributed by atoms with Gasteiger partial charge in [0, 0.05) is 31.4 Å². The fourth-order valence-electron chi connectivity index (χ4n) is 3.26. The first-order valence-corrected chi connectivity index (χ1v) is 8.13. The van der Waals surface area contributed by atoms with Gasteiger partial charge in [0.2, 0.25) is 0 Å². The highest BCUT2D eigenvalue weighted by Crippen LogP contribution is 2.26. The molecule has 1 aromatic rings. The first kappa shape index (κ1) is 16.1. The van der Waals surface area contributed by atoms with Crippen LogP contribution in [0.5, 0.6) is 0 Å². The van der Waals surface area contributed by atoms with Gasteiger partial charge in [-0.1, -0.05) is 13.8 Å². The Balaban J connectivity index is 1.88. The Kier molecular flexibility index (Phi) is 5.45. The number of carboxylic acids is 1. The lowest BCUT2D eigenvalue weighted by molar-refractivity contribution is 0.0675. The van der Waals surface area contributed by atoms with Crippen molar-refractivity contribution in [3.05, 3.63) is 24.0 Å². The summed E-state index contributed by atoms with van der Waals surface area (Å²) in [6, 6.07) is 4.50. The maximum atomic E-state index is 11.2. The number of nitrogens with zero attached hydrogens (tertiary/aromatic N) is 2. The number of aromatic carboxylic acids is 1. The van der Waals surface area contributed by atoms with E-state index >= 15 is 0 Å². The molecule has 0 saturated carbocycles. The number of hydrogen-bond donors (Lipinski definition) is 1. The molecule has 0 amide bonds. The fourth-order valence-corrected chi connectivity index (χ4v) is 3.26. The first-order valence-electron chi connectivity index (χ1n) is 8.13. The molecule has 1 aliphatic heterocycles. The summed E-state index contributed by atoms with van der Waals surface area (Å²) in [5.74, 6) is -0.0595. The van der Waals surface area contributed by atoms with Gasteiger partial charge in [0.05, 0.1) is 0 Å². The van der Waals surface area contributed by atoms with Gasteiger partial charge in [0.25, 0.3) is 0 Å². The molecule has 1 saturated heterocycles. The van der Waals surface area contributed by atoms with E-state index < -0.39 is 5.97 Å². The molecule has 1 N–H and O–H groups in total. The summed E-state index contributed by atoms with van der Waals surface area (Å²) in [7, 11) is 0. The highest BCUT2D eigenvalue weighted by Gasteiger charge is 2.25. The van der Waals surface area contributed by atoms with Crippen molar-refractivity contribution >= 4 is 5.97 Å². The molecular weight excluding hydrogens is 264 g/mol. The van der Waals surface area contributed by atoms with E-state index in [0.717, 1.165) is 31.8 Å². The summed E-state index contributed by atoms with van der Waals surface area (Å²) >= 11 is 0. The molecule has 118 valence electrons. The standard InChI is InChI=1S/C17H28N2O2/c1-13(2)6-7-14(3)18-11-8-15(9-12-18)19-10-4-5-16(19)17(20)21/h4-5,10,13-15H,6-9,11-12H2,1-3H3,(H,20,21). The van der Waals surface area contributed by atoms with E-state index in [9.17, 15) is 9.90 Å². The summed E-state index contributed by atoms with van der Waals surface area (Å²) in [6.07, 6.45) is 6.53. The molecule has 21 heavy (non-hydrogen) atoms. The molecule has 1 atom stereocenters. The zero-order chi connectivity index (χ0) is 15.4. The van der Waals surface area contributed by atoms with Gasteiger partial charge in [-0.3, -0.25) is 0 Å². The van der Waals surface area contributed by atoms with E-state index in [2.05, 4.69) is 25.7 Å². The molecule has 0 bridgehead atoms. The van der Waals surface area contributed by atoms with Crippen LogP contribution in [-0.4, -0.2) is 39.7 Å². The molecule has 4 nitrogen and oxygen atoms in total. The SMILES string of the molecule is CC(C)CCC(C)N1CCC(n2cccc2C(=O)O)CC1. The summed E-state index contributed by atoms with van der Waals surface area (Å²) in [4.78, 5) is 13.8. The fraction of sp³-hybridized carbons (Fsp3) is 0.706. The number of rotatable bonds is 6. The minimum Gasteiger partial charge on any atom is -0.477 e. The van der Waals surface area contributed by atoms with Crippen LogP contribution in [-0.2, 0) is 0 Å². The second kappa shape index (κ2) is 7.12. The lowest BCUT2D eigenvalue weighted by atomic mass is 9.99. The second-order valence-corrected chi connectivity index (χ2v) is 6.69. The average Bonchev–Trinajstić information content (AvgIpc) is 2.94. The number of hydrogen-bond acceptors (Lipinski definition) is 2. The Morgan fingerprint density at radius 1 is 1.29 bits per heavy atom. The molecule has 1 aliphatic rings. The molecule has 0 radical (unpaired) electrons. The van der Waals surface area contributed by atoms with E-state index in [1.807, 2.05) is 16.8 Å². The van der Waals surface area contributed by atoms with Crippen molar-refractivity contribution in [2.75, 3.05) is 13.1 Å². The van der Waals surface area contributed by atoms with Crippen LogP contribution in [0.25, 0.3) is 0 Å². The lowest BCUT2D eigenvalue weighted by Gasteiger charge is -2.37. The van der Waals surface area contributed by atoms with Crippen molar-refractivity contribution in [1.82, 2.24) is 9.47 Å². The number of likely N-dealkylation sites (tertiary alicyclic amines) is 1. The minimum absolute atomic E-state index is 0.333. The molecule has 1 aromatic heterocycles. The molecule has 0 aliphatic carbocycles. The van der Waals surface area contributed by atoms with Crippen molar-refractivity contribution in [3.8, 4) is 0 Å². The predicted octanol–water partition coefficient (Wildman–Crippen LogP) is 3.65. The van der Waals surface area contributed by atoms with Gasteiger partial charge < -0.3 is 14.6 Å². The number of aromatic nitrogens is 1. The lowest BCUT2D eigenvalue weighted by Crippen LogP contribution is -2.40. The van der Waals surface area contributed by atoms with Crippen molar-refractivity contribution in [2.24, 2.45) is 5.92 Å². The smallest absolute Gasteiger partial charge is 0.352 e.